The van der Waals surface area contributed by atoms with E-state index in [1.165, 1.54) is 0 Å². The summed E-state index contributed by atoms with van der Waals surface area (Å²) < 4.78 is 5.44. The quantitative estimate of drug-likeness (QED) is 0.593. The first-order valence-corrected chi connectivity index (χ1v) is 4.30. The molecular formula is C7H14N2OS. The van der Waals surface area contributed by atoms with E-state index in [-0.39, 0.29) is 0 Å². The zero-order valence-electron chi connectivity index (χ0n) is 6.51. The van der Waals surface area contributed by atoms with Crippen LogP contribution in [0.25, 0.3) is 0 Å². The summed E-state index contributed by atoms with van der Waals surface area (Å²) in [7, 11) is 0. The summed E-state index contributed by atoms with van der Waals surface area (Å²) in [4.78, 5) is 0.448. The second kappa shape index (κ2) is 4.64. The van der Waals surface area contributed by atoms with E-state index in [1.807, 2.05) is 0 Å². The van der Waals surface area contributed by atoms with Crippen LogP contribution in [0.3, 0.4) is 0 Å². The van der Waals surface area contributed by atoms with Crippen LogP contribution in [0.1, 0.15) is 12.8 Å². The average Bonchev–Trinajstić information content (AvgIpc) is 2.03. The third-order valence-electron chi connectivity index (χ3n) is 1.75. The first-order chi connectivity index (χ1) is 5.29. The van der Waals surface area contributed by atoms with Gasteiger partial charge in [0.15, 0.2) is 0 Å². The van der Waals surface area contributed by atoms with Crippen LogP contribution >= 0.6 is 12.2 Å². The van der Waals surface area contributed by atoms with Crippen LogP contribution < -0.4 is 11.1 Å². The lowest BCUT2D eigenvalue weighted by Gasteiger charge is -2.22. The SMILES string of the molecule is NC(=S)COC1CCNCC1. The van der Waals surface area contributed by atoms with Crippen LogP contribution in [0, 0.1) is 0 Å². The van der Waals surface area contributed by atoms with E-state index in [0.29, 0.717) is 17.7 Å². The van der Waals surface area contributed by atoms with Crippen molar-refractivity contribution in [3.63, 3.8) is 0 Å². The van der Waals surface area contributed by atoms with Crippen molar-refractivity contribution in [3.05, 3.63) is 0 Å². The number of nitrogens with two attached hydrogens (primary N) is 1. The summed E-state index contributed by atoms with van der Waals surface area (Å²) >= 11 is 4.70. The Labute approximate surface area is 72.3 Å². The molecule has 0 spiro atoms. The normalized spacial score (nSPS) is 20.0. The van der Waals surface area contributed by atoms with Crippen LogP contribution in [-0.4, -0.2) is 30.8 Å². The fraction of sp³-hybridized carbons (Fsp3) is 0.857. The van der Waals surface area contributed by atoms with E-state index in [1.54, 1.807) is 0 Å². The van der Waals surface area contributed by atoms with Gasteiger partial charge in [-0.15, -0.1) is 0 Å². The second-order valence-corrected chi connectivity index (χ2v) is 3.25. The lowest BCUT2D eigenvalue weighted by Crippen LogP contribution is -2.34. The number of hydrogen-bond acceptors (Lipinski definition) is 3. The molecule has 4 heteroatoms. The monoisotopic (exact) mass is 174 g/mol. The summed E-state index contributed by atoms with van der Waals surface area (Å²) in [6.45, 7) is 2.52. The molecule has 1 aliphatic rings. The summed E-state index contributed by atoms with van der Waals surface area (Å²) in [5.74, 6) is 0. The highest BCUT2D eigenvalue weighted by Crippen LogP contribution is 2.06. The smallest absolute Gasteiger partial charge is 0.0989 e. The van der Waals surface area contributed by atoms with Gasteiger partial charge in [0, 0.05) is 0 Å². The van der Waals surface area contributed by atoms with Crippen molar-refractivity contribution in [3.8, 4) is 0 Å². The molecule has 3 N–H and O–H groups in total. The minimum absolute atomic E-state index is 0.359. The zero-order valence-corrected chi connectivity index (χ0v) is 7.32. The number of hydrogen-bond donors (Lipinski definition) is 2. The molecule has 64 valence electrons. The van der Waals surface area contributed by atoms with E-state index < -0.39 is 0 Å². The van der Waals surface area contributed by atoms with E-state index in [0.717, 1.165) is 25.9 Å². The van der Waals surface area contributed by atoms with Crippen LogP contribution in [0.4, 0.5) is 0 Å². The third-order valence-corrected chi connectivity index (χ3v) is 1.87. The molecule has 0 aromatic rings. The number of nitrogens with one attached hydrogen (secondary N) is 1. The van der Waals surface area contributed by atoms with Gasteiger partial charge in [0.05, 0.1) is 17.7 Å². The standard InChI is InChI=1S/C7H14N2OS/c8-7(11)5-10-6-1-3-9-4-2-6/h6,9H,1-5H2,(H2,8,11). The molecule has 0 radical (unpaired) electrons. The summed E-state index contributed by atoms with van der Waals surface area (Å²) in [5, 5.41) is 3.26. The van der Waals surface area contributed by atoms with Crippen molar-refractivity contribution in [2.75, 3.05) is 19.7 Å². The van der Waals surface area contributed by atoms with Crippen molar-refractivity contribution < 1.29 is 4.74 Å². The molecular weight excluding hydrogens is 160 g/mol. The topological polar surface area (TPSA) is 47.3 Å². The highest BCUT2D eigenvalue weighted by molar-refractivity contribution is 7.80. The maximum atomic E-state index is 5.44. The Morgan fingerprint density at radius 2 is 2.18 bits per heavy atom. The van der Waals surface area contributed by atoms with Gasteiger partial charge in [-0.25, -0.2) is 0 Å². The minimum atomic E-state index is 0.359. The molecule has 0 atom stereocenters. The predicted molar refractivity (Wildman–Crippen MR) is 48.6 cm³/mol. The van der Waals surface area contributed by atoms with Crippen molar-refractivity contribution in [2.24, 2.45) is 5.73 Å². The zero-order chi connectivity index (χ0) is 8.10. The van der Waals surface area contributed by atoms with Gasteiger partial charge in [-0.1, -0.05) is 12.2 Å². The van der Waals surface area contributed by atoms with E-state index in [2.05, 4.69) is 5.32 Å². The molecule has 11 heavy (non-hydrogen) atoms. The third kappa shape index (κ3) is 3.65. The fourth-order valence-corrected chi connectivity index (χ4v) is 1.23. The molecule has 0 bridgehead atoms. The number of thiocarbonyl (C=S) groups is 1. The van der Waals surface area contributed by atoms with Crippen LogP contribution in [0.5, 0.6) is 0 Å². The van der Waals surface area contributed by atoms with Crippen molar-refractivity contribution in [2.45, 2.75) is 18.9 Å². The summed E-state index contributed by atoms with van der Waals surface area (Å²) in [6.07, 6.45) is 2.50. The van der Waals surface area contributed by atoms with Crippen molar-refractivity contribution in [1.82, 2.24) is 5.32 Å². The molecule has 1 saturated heterocycles. The summed E-state index contributed by atoms with van der Waals surface area (Å²) in [6, 6.07) is 0. The second-order valence-electron chi connectivity index (χ2n) is 2.73. The Kier molecular flexibility index (Phi) is 3.76. The van der Waals surface area contributed by atoms with Gasteiger partial charge in [-0.2, -0.15) is 0 Å². The van der Waals surface area contributed by atoms with Crippen molar-refractivity contribution >= 4 is 17.2 Å². The van der Waals surface area contributed by atoms with Crippen molar-refractivity contribution in [1.29, 1.82) is 0 Å². The predicted octanol–water partition coefficient (Wildman–Crippen LogP) is 0.0411. The number of ether oxygens (including phenoxy) is 1. The molecule has 0 aliphatic carbocycles. The number of piperidine rings is 1. The van der Waals surface area contributed by atoms with E-state index in [9.17, 15) is 0 Å². The largest absolute Gasteiger partial charge is 0.391 e. The van der Waals surface area contributed by atoms with Crippen LogP contribution in [0.2, 0.25) is 0 Å². The molecule has 1 rings (SSSR count). The molecule has 1 aliphatic heterocycles. The Morgan fingerprint density at radius 1 is 1.55 bits per heavy atom. The van der Waals surface area contributed by atoms with E-state index in [4.69, 9.17) is 22.7 Å². The van der Waals surface area contributed by atoms with E-state index >= 15 is 0 Å². The van der Waals surface area contributed by atoms with Gasteiger partial charge < -0.3 is 15.8 Å². The maximum Gasteiger partial charge on any atom is 0.0989 e. The van der Waals surface area contributed by atoms with Gasteiger partial charge in [-0.3, -0.25) is 0 Å². The molecule has 0 amide bonds. The lowest BCUT2D eigenvalue weighted by atomic mass is 10.1. The summed E-state index contributed by atoms with van der Waals surface area (Å²) in [5.41, 5.74) is 5.30. The Morgan fingerprint density at radius 3 is 2.73 bits per heavy atom. The fourth-order valence-electron chi connectivity index (χ4n) is 1.16. The molecule has 1 heterocycles. The van der Waals surface area contributed by atoms with Crippen LogP contribution in [0.15, 0.2) is 0 Å². The number of rotatable bonds is 3. The van der Waals surface area contributed by atoms with Gasteiger partial charge in [-0.05, 0) is 25.9 Å². The highest BCUT2D eigenvalue weighted by atomic mass is 32.1. The Balaban J connectivity index is 2.09. The molecule has 3 nitrogen and oxygen atoms in total. The van der Waals surface area contributed by atoms with Crippen LogP contribution in [-0.2, 0) is 4.74 Å². The Hall–Kier alpha value is -0.190. The first-order valence-electron chi connectivity index (χ1n) is 3.89. The van der Waals surface area contributed by atoms with Gasteiger partial charge in [0.25, 0.3) is 0 Å². The maximum absolute atomic E-state index is 5.44. The molecule has 1 fully saturated rings. The molecule has 0 aromatic heterocycles. The molecule has 0 unspecified atom stereocenters. The van der Waals surface area contributed by atoms with Gasteiger partial charge in [0.1, 0.15) is 0 Å². The highest BCUT2D eigenvalue weighted by Gasteiger charge is 2.12. The lowest BCUT2D eigenvalue weighted by molar-refractivity contribution is 0.0584. The Bertz CT molecular complexity index is 134. The van der Waals surface area contributed by atoms with Gasteiger partial charge >= 0.3 is 0 Å². The first kappa shape index (κ1) is 8.90. The molecule has 0 saturated carbocycles. The molecule has 0 aromatic carbocycles. The van der Waals surface area contributed by atoms with Gasteiger partial charge in [0.2, 0.25) is 0 Å². The average molecular weight is 174 g/mol. The minimum Gasteiger partial charge on any atom is -0.391 e.